The summed E-state index contributed by atoms with van der Waals surface area (Å²) in [6, 6.07) is 3.79. The highest BCUT2D eigenvalue weighted by molar-refractivity contribution is 5.83. The fourth-order valence-electron chi connectivity index (χ4n) is 1.11. The Balaban J connectivity index is 2.52. The van der Waals surface area contributed by atoms with Gasteiger partial charge < -0.3 is 10.4 Å². The van der Waals surface area contributed by atoms with Gasteiger partial charge >= 0.3 is 0 Å². The van der Waals surface area contributed by atoms with Crippen LogP contribution in [0, 0.1) is 5.82 Å². The summed E-state index contributed by atoms with van der Waals surface area (Å²) in [6.45, 7) is 4.32. The third-order valence-corrected chi connectivity index (χ3v) is 1.89. The van der Waals surface area contributed by atoms with Crippen molar-refractivity contribution in [3.63, 3.8) is 0 Å². The van der Waals surface area contributed by atoms with Gasteiger partial charge in [0.2, 0.25) is 0 Å². The maximum absolute atomic E-state index is 12.8. The van der Waals surface area contributed by atoms with E-state index in [4.69, 9.17) is 0 Å². The van der Waals surface area contributed by atoms with E-state index in [1.807, 2.05) is 6.92 Å². The van der Waals surface area contributed by atoms with E-state index in [0.717, 1.165) is 13.1 Å². The van der Waals surface area contributed by atoms with E-state index in [0.29, 0.717) is 12.1 Å². The standard InChI is InChI=1S/C11H15FN2O/c1-2-13-5-6-14-8-9-7-10(12)3-4-11(9)15/h3-4,7-8,13,15H,2,5-6H2,1H3. The monoisotopic (exact) mass is 210 g/mol. The van der Waals surface area contributed by atoms with E-state index in [-0.39, 0.29) is 11.6 Å². The van der Waals surface area contributed by atoms with Crippen molar-refractivity contribution in [2.75, 3.05) is 19.6 Å². The summed E-state index contributed by atoms with van der Waals surface area (Å²) in [5.41, 5.74) is 0.409. The van der Waals surface area contributed by atoms with E-state index in [9.17, 15) is 9.50 Å². The molecule has 2 N–H and O–H groups in total. The molecule has 0 unspecified atom stereocenters. The molecule has 0 aromatic heterocycles. The van der Waals surface area contributed by atoms with Crippen molar-refractivity contribution in [1.29, 1.82) is 0 Å². The fourth-order valence-corrected chi connectivity index (χ4v) is 1.11. The molecule has 0 saturated heterocycles. The maximum Gasteiger partial charge on any atom is 0.124 e. The van der Waals surface area contributed by atoms with Gasteiger partial charge in [-0.3, -0.25) is 4.99 Å². The predicted molar refractivity (Wildman–Crippen MR) is 59.1 cm³/mol. The molecule has 0 aliphatic rings. The first-order chi connectivity index (χ1) is 7.24. The second kappa shape index (κ2) is 6.14. The highest BCUT2D eigenvalue weighted by Gasteiger charge is 1.98. The molecule has 4 heteroatoms. The number of hydrogen-bond donors (Lipinski definition) is 2. The first-order valence-corrected chi connectivity index (χ1v) is 4.93. The average Bonchev–Trinajstić information content (AvgIpc) is 2.23. The zero-order valence-corrected chi connectivity index (χ0v) is 8.70. The van der Waals surface area contributed by atoms with Crippen LogP contribution in [0.4, 0.5) is 4.39 Å². The minimum atomic E-state index is -0.374. The van der Waals surface area contributed by atoms with Crippen LogP contribution in [0.5, 0.6) is 5.75 Å². The van der Waals surface area contributed by atoms with Crippen molar-refractivity contribution in [1.82, 2.24) is 5.32 Å². The average molecular weight is 210 g/mol. The lowest BCUT2D eigenvalue weighted by molar-refractivity contribution is 0.472. The summed E-state index contributed by atoms with van der Waals surface area (Å²) in [5.74, 6) is -0.329. The normalized spacial score (nSPS) is 11.1. The second-order valence-corrected chi connectivity index (χ2v) is 3.09. The number of aromatic hydroxyl groups is 1. The molecule has 15 heavy (non-hydrogen) atoms. The number of nitrogens with one attached hydrogen (secondary N) is 1. The van der Waals surface area contributed by atoms with Crippen LogP contribution in [-0.4, -0.2) is 31.0 Å². The molecule has 0 aliphatic heterocycles. The van der Waals surface area contributed by atoms with Crippen molar-refractivity contribution in [2.45, 2.75) is 6.92 Å². The molecule has 0 fully saturated rings. The molecule has 0 saturated carbocycles. The fraction of sp³-hybridized carbons (Fsp3) is 0.364. The molecule has 0 heterocycles. The molecular formula is C11H15FN2O. The van der Waals surface area contributed by atoms with Gasteiger partial charge in [0.25, 0.3) is 0 Å². The largest absolute Gasteiger partial charge is 0.507 e. The SMILES string of the molecule is CCNCCN=Cc1cc(F)ccc1O. The van der Waals surface area contributed by atoms with E-state index in [2.05, 4.69) is 10.3 Å². The van der Waals surface area contributed by atoms with Crippen LogP contribution < -0.4 is 5.32 Å². The van der Waals surface area contributed by atoms with Gasteiger partial charge in [0.1, 0.15) is 11.6 Å². The summed E-state index contributed by atoms with van der Waals surface area (Å²) in [5, 5.41) is 12.5. The molecular weight excluding hydrogens is 195 g/mol. The molecule has 1 aromatic rings. The zero-order valence-electron chi connectivity index (χ0n) is 8.70. The van der Waals surface area contributed by atoms with Gasteiger partial charge in [-0.1, -0.05) is 6.92 Å². The number of phenols is 1. The molecule has 3 nitrogen and oxygen atoms in total. The topological polar surface area (TPSA) is 44.6 Å². The molecule has 1 aromatic carbocycles. The lowest BCUT2D eigenvalue weighted by atomic mass is 10.2. The number of nitrogens with zero attached hydrogens (tertiary/aromatic N) is 1. The molecule has 0 amide bonds. The Kier molecular flexibility index (Phi) is 4.77. The van der Waals surface area contributed by atoms with Gasteiger partial charge in [0.05, 0.1) is 6.54 Å². The number of likely N-dealkylation sites (N-methyl/N-ethyl adjacent to an activating group) is 1. The number of phenolic OH excluding ortho intramolecular Hbond substituents is 1. The minimum Gasteiger partial charge on any atom is -0.507 e. The van der Waals surface area contributed by atoms with Crippen LogP contribution in [0.1, 0.15) is 12.5 Å². The van der Waals surface area contributed by atoms with Crippen LogP contribution in [0.2, 0.25) is 0 Å². The van der Waals surface area contributed by atoms with E-state index >= 15 is 0 Å². The van der Waals surface area contributed by atoms with Crippen LogP contribution >= 0.6 is 0 Å². The Labute approximate surface area is 88.7 Å². The van der Waals surface area contributed by atoms with Gasteiger partial charge in [0.15, 0.2) is 0 Å². The summed E-state index contributed by atoms with van der Waals surface area (Å²) < 4.78 is 12.8. The third-order valence-electron chi connectivity index (χ3n) is 1.89. The van der Waals surface area contributed by atoms with Crippen LogP contribution in [0.3, 0.4) is 0 Å². The highest BCUT2D eigenvalue weighted by atomic mass is 19.1. The highest BCUT2D eigenvalue weighted by Crippen LogP contribution is 2.15. The van der Waals surface area contributed by atoms with Gasteiger partial charge in [-0.2, -0.15) is 0 Å². The molecule has 0 radical (unpaired) electrons. The summed E-state index contributed by atoms with van der Waals surface area (Å²) in [4.78, 5) is 4.07. The summed E-state index contributed by atoms with van der Waals surface area (Å²) >= 11 is 0. The van der Waals surface area contributed by atoms with Gasteiger partial charge in [-0.05, 0) is 24.7 Å². The van der Waals surface area contributed by atoms with Gasteiger partial charge in [-0.25, -0.2) is 4.39 Å². The molecule has 1 rings (SSSR count). The number of aliphatic imine (C=N–C) groups is 1. The first-order valence-electron chi connectivity index (χ1n) is 4.93. The Morgan fingerprint density at radius 1 is 1.53 bits per heavy atom. The molecule has 0 bridgehead atoms. The lowest BCUT2D eigenvalue weighted by Gasteiger charge is -1.99. The van der Waals surface area contributed by atoms with Crippen LogP contribution in [-0.2, 0) is 0 Å². The van der Waals surface area contributed by atoms with Crippen molar-refractivity contribution in [3.8, 4) is 5.75 Å². The lowest BCUT2D eigenvalue weighted by Crippen LogP contribution is -2.16. The Hall–Kier alpha value is -1.42. The smallest absolute Gasteiger partial charge is 0.124 e. The van der Waals surface area contributed by atoms with E-state index in [1.54, 1.807) is 0 Å². The summed E-state index contributed by atoms with van der Waals surface area (Å²) in [7, 11) is 0. The number of halogens is 1. The van der Waals surface area contributed by atoms with Crippen molar-refractivity contribution >= 4 is 6.21 Å². The minimum absolute atomic E-state index is 0.0450. The maximum atomic E-state index is 12.8. The number of benzene rings is 1. The van der Waals surface area contributed by atoms with E-state index < -0.39 is 0 Å². The predicted octanol–water partition coefficient (Wildman–Crippen LogP) is 1.56. The Morgan fingerprint density at radius 3 is 3.07 bits per heavy atom. The number of hydrogen-bond acceptors (Lipinski definition) is 3. The van der Waals surface area contributed by atoms with Gasteiger partial charge in [0, 0.05) is 18.3 Å². The first kappa shape index (κ1) is 11.7. The third kappa shape index (κ3) is 4.08. The molecule has 82 valence electrons. The molecule has 0 spiro atoms. The number of rotatable bonds is 5. The zero-order chi connectivity index (χ0) is 11.1. The van der Waals surface area contributed by atoms with E-state index in [1.165, 1.54) is 24.4 Å². The molecule has 0 aliphatic carbocycles. The van der Waals surface area contributed by atoms with Crippen LogP contribution in [0.15, 0.2) is 23.2 Å². The van der Waals surface area contributed by atoms with Gasteiger partial charge in [-0.15, -0.1) is 0 Å². The van der Waals surface area contributed by atoms with Crippen molar-refractivity contribution in [3.05, 3.63) is 29.6 Å². The Bertz CT molecular complexity index is 339. The van der Waals surface area contributed by atoms with Crippen molar-refractivity contribution < 1.29 is 9.50 Å². The van der Waals surface area contributed by atoms with Crippen LogP contribution in [0.25, 0.3) is 0 Å². The second-order valence-electron chi connectivity index (χ2n) is 3.09. The van der Waals surface area contributed by atoms with Crippen molar-refractivity contribution in [2.24, 2.45) is 4.99 Å². The quantitative estimate of drug-likeness (QED) is 0.572. The molecule has 0 atom stereocenters. The Morgan fingerprint density at radius 2 is 2.33 bits per heavy atom. The summed E-state index contributed by atoms with van der Waals surface area (Å²) in [6.07, 6.45) is 1.48.